The van der Waals surface area contributed by atoms with Gasteiger partial charge in [0.15, 0.2) is 4.34 Å². The van der Waals surface area contributed by atoms with Crippen LogP contribution in [0.15, 0.2) is 51.2 Å². The molecule has 0 unspecified atom stereocenters. The molecule has 7 heteroatoms. The summed E-state index contributed by atoms with van der Waals surface area (Å²) in [6.07, 6.45) is 0. The van der Waals surface area contributed by atoms with E-state index in [1.54, 1.807) is 17.8 Å². The fourth-order valence-corrected chi connectivity index (χ4v) is 4.12. The summed E-state index contributed by atoms with van der Waals surface area (Å²) in [7, 11) is 0. The van der Waals surface area contributed by atoms with Crippen molar-refractivity contribution in [2.75, 3.05) is 11.1 Å². The number of carbonyl (C=O) groups is 1. The lowest BCUT2D eigenvalue weighted by atomic mass is 10.1. The van der Waals surface area contributed by atoms with Gasteiger partial charge in [-0.1, -0.05) is 48.2 Å². The van der Waals surface area contributed by atoms with Crippen LogP contribution in [-0.2, 0) is 0 Å². The van der Waals surface area contributed by atoms with Gasteiger partial charge in [0.2, 0.25) is 5.13 Å². The Bertz CT molecular complexity index is 1040. The molecule has 1 amide bonds. The van der Waals surface area contributed by atoms with Crippen LogP contribution in [0, 0.1) is 0 Å². The molecular weight excluding hydrogens is 342 g/mol. The predicted octanol–water partition coefficient (Wildman–Crippen LogP) is 4.80. The smallest absolute Gasteiger partial charge is 0.257 e. The van der Waals surface area contributed by atoms with Gasteiger partial charge >= 0.3 is 0 Å². The number of anilines is 1. The lowest BCUT2D eigenvalue weighted by Crippen LogP contribution is -2.11. The summed E-state index contributed by atoms with van der Waals surface area (Å²) in [5.74, 6) is 0.721. The molecule has 4 aromatic rings. The number of nitrogens with zero attached hydrogens (tertiary/aromatic N) is 2. The third-order valence-electron chi connectivity index (χ3n) is 3.53. The van der Waals surface area contributed by atoms with Crippen LogP contribution in [0.25, 0.3) is 21.9 Å². The van der Waals surface area contributed by atoms with E-state index in [0.717, 1.165) is 32.0 Å². The first-order valence-electron chi connectivity index (χ1n) is 7.43. The third-order valence-corrected chi connectivity index (χ3v) is 5.39. The molecule has 0 radical (unpaired) electrons. The van der Waals surface area contributed by atoms with Gasteiger partial charge in [-0.15, -0.1) is 10.2 Å². The SMILES string of the molecule is CCSc1nnc(NC(=O)c2ccc3oc4ccccc4c3c2)s1. The highest BCUT2D eigenvalue weighted by Crippen LogP contribution is 2.30. The number of thioether (sulfide) groups is 1. The zero-order valence-corrected chi connectivity index (χ0v) is 14.4. The molecule has 2 aromatic heterocycles. The normalized spacial score (nSPS) is 11.2. The van der Waals surface area contributed by atoms with Gasteiger partial charge in [0.1, 0.15) is 11.2 Å². The van der Waals surface area contributed by atoms with Crippen LogP contribution in [0.4, 0.5) is 5.13 Å². The van der Waals surface area contributed by atoms with Gasteiger partial charge in [0.25, 0.3) is 5.91 Å². The van der Waals surface area contributed by atoms with Gasteiger partial charge in [-0.3, -0.25) is 10.1 Å². The van der Waals surface area contributed by atoms with Crippen LogP contribution in [0.3, 0.4) is 0 Å². The van der Waals surface area contributed by atoms with Gasteiger partial charge in [0, 0.05) is 16.3 Å². The lowest BCUT2D eigenvalue weighted by Gasteiger charge is -2.01. The number of hydrogen-bond donors (Lipinski definition) is 1. The Balaban J connectivity index is 1.64. The van der Waals surface area contributed by atoms with Crippen LogP contribution in [-0.4, -0.2) is 21.9 Å². The molecule has 0 bridgehead atoms. The quantitative estimate of drug-likeness (QED) is 0.420. The summed E-state index contributed by atoms with van der Waals surface area (Å²) >= 11 is 2.98. The highest BCUT2D eigenvalue weighted by Gasteiger charge is 2.13. The Kier molecular flexibility index (Phi) is 3.95. The first kappa shape index (κ1) is 15.2. The fourth-order valence-electron chi connectivity index (χ4n) is 2.48. The average molecular weight is 355 g/mol. The molecule has 0 aliphatic carbocycles. The molecule has 0 atom stereocenters. The zero-order valence-electron chi connectivity index (χ0n) is 12.8. The van der Waals surface area contributed by atoms with E-state index in [0.29, 0.717) is 10.7 Å². The zero-order chi connectivity index (χ0) is 16.5. The van der Waals surface area contributed by atoms with E-state index in [1.807, 2.05) is 36.4 Å². The highest BCUT2D eigenvalue weighted by molar-refractivity contribution is 8.01. The molecule has 2 heterocycles. The number of aromatic nitrogens is 2. The van der Waals surface area contributed by atoms with Crippen molar-refractivity contribution in [1.29, 1.82) is 0 Å². The molecule has 0 saturated heterocycles. The molecule has 0 saturated carbocycles. The second-order valence-corrected chi connectivity index (χ2v) is 7.56. The molecule has 24 heavy (non-hydrogen) atoms. The summed E-state index contributed by atoms with van der Waals surface area (Å²) in [4.78, 5) is 12.5. The molecule has 0 fully saturated rings. The van der Waals surface area contributed by atoms with E-state index in [1.165, 1.54) is 11.3 Å². The van der Waals surface area contributed by atoms with Crippen LogP contribution >= 0.6 is 23.1 Å². The van der Waals surface area contributed by atoms with E-state index in [9.17, 15) is 4.79 Å². The summed E-state index contributed by atoms with van der Waals surface area (Å²) < 4.78 is 6.63. The number of hydrogen-bond acceptors (Lipinski definition) is 6. The van der Waals surface area contributed by atoms with Crippen molar-refractivity contribution in [3.05, 3.63) is 48.0 Å². The predicted molar refractivity (Wildman–Crippen MR) is 98.0 cm³/mol. The number of rotatable bonds is 4. The monoisotopic (exact) mass is 355 g/mol. The van der Waals surface area contributed by atoms with Crippen molar-refractivity contribution in [2.24, 2.45) is 0 Å². The Morgan fingerprint density at radius 2 is 2.00 bits per heavy atom. The highest BCUT2D eigenvalue weighted by atomic mass is 32.2. The molecular formula is C17H13N3O2S2. The van der Waals surface area contributed by atoms with Crippen LogP contribution in [0.1, 0.15) is 17.3 Å². The number of carbonyl (C=O) groups excluding carboxylic acids is 1. The van der Waals surface area contributed by atoms with Crippen LogP contribution in [0.2, 0.25) is 0 Å². The molecule has 0 aliphatic rings. The van der Waals surface area contributed by atoms with Crippen molar-refractivity contribution in [1.82, 2.24) is 10.2 Å². The maximum Gasteiger partial charge on any atom is 0.257 e. The van der Waals surface area contributed by atoms with Crippen molar-refractivity contribution >= 4 is 56.1 Å². The van der Waals surface area contributed by atoms with Gasteiger partial charge in [-0.05, 0) is 30.0 Å². The standard InChI is InChI=1S/C17H13N3O2S2/c1-2-23-17-20-19-16(24-17)18-15(21)10-7-8-14-12(9-10)11-5-3-4-6-13(11)22-14/h3-9H,2H2,1H3,(H,18,19,21). The van der Waals surface area contributed by atoms with Crippen LogP contribution in [0.5, 0.6) is 0 Å². The minimum atomic E-state index is -0.202. The average Bonchev–Trinajstić information content (AvgIpc) is 3.18. The summed E-state index contributed by atoms with van der Waals surface area (Å²) in [5, 5.41) is 13.3. The molecule has 0 aliphatic heterocycles. The Morgan fingerprint density at radius 1 is 1.17 bits per heavy atom. The van der Waals surface area contributed by atoms with Crippen molar-refractivity contribution in [3.63, 3.8) is 0 Å². The van der Waals surface area contributed by atoms with E-state index in [2.05, 4.69) is 22.4 Å². The second-order valence-electron chi connectivity index (χ2n) is 5.07. The summed E-state index contributed by atoms with van der Waals surface area (Å²) in [6.45, 7) is 2.05. The summed E-state index contributed by atoms with van der Waals surface area (Å²) in [5.41, 5.74) is 2.15. The summed E-state index contributed by atoms with van der Waals surface area (Å²) in [6, 6.07) is 13.2. The second kappa shape index (κ2) is 6.26. The first-order valence-corrected chi connectivity index (χ1v) is 9.24. The topological polar surface area (TPSA) is 68.0 Å². The Hall–Kier alpha value is -2.38. The van der Waals surface area contributed by atoms with E-state index in [-0.39, 0.29) is 5.91 Å². The largest absolute Gasteiger partial charge is 0.456 e. The number of furan rings is 1. The molecule has 1 N–H and O–H groups in total. The number of amides is 1. The number of para-hydroxylation sites is 1. The van der Waals surface area contributed by atoms with Crippen molar-refractivity contribution in [2.45, 2.75) is 11.3 Å². The number of benzene rings is 2. The number of fused-ring (bicyclic) bond motifs is 3. The van der Waals surface area contributed by atoms with Crippen molar-refractivity contribution in [3.8, 4) is 0 Å². The van der Waals surface area contributed by atoms with Crippen LogP contribution < -0.4 is 5.32 Å². The van der Waals surface area contributed by atoms with Gasteiger partial charge < -0.3 is 4.42 Å². The minimum Gasteiger partial charge on any atom is -0.456 e. The van der Waals surface area contributed by atoms with E-state index < -0.39 is 0 Å². The minimum absolute atomic E-state index is 0.202. The molecule has 2 aromatic carbocycles. The van der Waals surface area contributed by atoms with Crippen molar-refractivity contribution < 1.29 is 9.21 Å². The third kappa shape index (κ3) is 2.76. The Morgan fingerprint density at radius 3 is 2.88 bits per heavy atom. The molecule has 4 rings (SSSR count). The maximum atomic E-state index is 12.5. The maximum absolute atomic E-state index is 12.5. The van der Waals surface area contributed by atoms with Gasteiger partial charge in [-0.25, -0.2) is 0 Å². The fraction of sp³-hybridized carbons (Fsp3) is 0.118. The molecule has 5 nitrogen and oxygen atoms in total. The van der Waals surface area contributed by atoms with Gasteiger partial charge in [-0.2, -0.15) is 0 Å². The van der Waals surface area contributed by atoms with Gasteiger partial charge in [0.05, 0.1) is 0 Å². The molecule has 0 spiro atoms. The first-order chi connectivity index (χ1) is 11.7. The van der Waals surface area contributed by atoms with E-state index in [4.69, 9.17) is 4.42 Å². The Labute approximate surface area is 146 Å². The number of nitrogens with one attached hydrogen (secondary N) is 1. The lowest BCUT2D eigenvalue weighted by molar-refractivity contribution is 0.102. The molecule has 120 valence electrons. The van der Waals surface area contributed by atoms with E-state index >= 15 is 0 Å².